The van der Waals surface area contributed by atoms with Gasteiger partial charge in [-0.05, 0) is 13.8 Å². The summed E-state index contributed by atoms with van der Waals surface area (Å²) in [6, 6.07) is 2.00. The predicted octanol–water partition coefficient (Wildman–Crippen LogP) is 2.64. The average Bonchev–Trinajstić information content (AvgIpc) is 2.23. The van der Waals surface area contributed by atoms with Crippen molar-refractivity contribution in [2.45, 2.75) is 19.9 Å². The van der Waals surface area contributed by atoms with Crippen molar-refractivity contribution in [1.29, 1.82) is 0 Å². The Morgan fingerprint density at radius 1 is 1.38 bits per heavy atom. The first-order chi connectivity index (χ1) is 7.56. The zero-order valence-corrected chi connectivity index (χ0v) is 11.1. The van der Waals surface area contributed by atoms with Crippen molar-refractivity contribution >= 4 is 28.9 Å². The first kappa shape index (κ1) is 13.5. The van der Waals surface area contributed by atoms with Crippen LogP contribution in [-0.4, -0.2) is 36.5 Å². The summed E-state index contributed by atoms with van der Waals surface area (Å²) in [7, 11) is 1.66. The van der Waals surface area contributed by atoms with Gasteiger partial charge in [-0.15, -0.1) is 10.2 Å². The summed E-state index contributed by atoms with van der Waals surface area (Å²) in [5.41, 5.74) is 0.786. The molecule has 0 radical (unpaired) electrons. The standard InChI is InChI=1S/C10H15Cl2N3O/c1-7(2)15(4-5-16-3)8-6-9(11)13-14-10(8)12/h6-7H,4-5H2,1-3H3. The Labute approximate surface area is 106 Å². The molecule has 4 nitrogen and oxygen atoms in total. The van der Waals surface area contributed by atoms with Gasteiger partial charge >= 0.3 is 0 Å². The van der Waals surface area contributed by atoms with Gasteiger partial charge in [-0.25, -0.2) is 0 Å². The van der Waals surface area contributed by atoms with E-state index < -0.39 is 0 Å². The summed E-state index contributed by atoms with van der Waals surface area (Å²) in [6.07, 6.45) is 0. The van der Waals surface area contributed by atoms with Crippen LogP contribution in [0, 0.1) is 0 Å². The SMILES string of the molecule is COCCN(c1cc(Cl)nnc1Cl)C(C)C. The fourth-order valence-electron chi connectivity index (χ4n) is 1.39. The van der Waals surface area contributed by atoms with Gasteiger partial charge in [0.2, 0.25) is 0 Å². The minimum Gasteiger partial charge on any atom is -0.383 e. The molecule has 1 rings (SSSR count). The number of methoxy groups -OCH3 is 1. The molecule has 0 fully saturated rings. The summed E-state index contributed by atoms with van der Waals surface area (Å²) < 4.78 is 5.06. The topological polar surface area (TPSA) is 38.2 Å². The number of rotatable bonds is 5. The van der Waals surface area contributed by atoms with E-state index in [0.717, 1.165) is 12.2 Å². The van der Waals surface area contributed by atoms with Crippen LogP contribution in [0.1, 0.15) is 13.8 Å². The number of hydrogen-bond donors (Lipinski definition) is 0. The Bertz CT molecular complexity index is 347. The zero-order valence-electron chi connectivity index (χ0n) is 9.57. The molecule has 0 aliphatic rings. The molecule has 0 atom stereocenters. The van der Waals surface area contributed by atoms with Crippen molar-refractivity contribution in [3.63, 3.8) is 0 Å². The number of hydrogen-bond acceptors (Lipinski definition) is 4. The van der Waals surface area contributed by atoms with Crippen molar-refractivity contribution in [3.05, 3.63) is 16.4 Å². The molecule has 0 saturated carbocycles. The van der Waals surface area contributed by atoms with Crippen LogP contribution in [0.15, 0.2) is 6.07 Å². The van der Waals surface area contributed by atoms with E-state index in [1.54, 1.807) is 13.2 Å². The van der Waals surface area contributed by atoms with Gasteiger partial charge in [0, 0.05) is 25.8 Å². The highest BCUT2D eigenvalue weighted by Crippen LogP contribution is 2.26. The average molecular weight is 264 g/mol. The first-order valence-corrected chi connectivity index (χ1v) is 5.76. The van der Waals surface area contributed by atoms with E-state index in [-0.39, 0.29) is 6.04 Å². The number of aromatic nitrogens is 2. The zero-order chi connectivity index (χ0) is 12.1. The normalized spacial score (nSPS) is 10.9. The smallest absolute Gasteiger partial charge is 0.175 e. The van der Waals surface area contributed by atoms with Gasteiger partial charge in [0.25, 0.3) is 0 Å². The predicted molar refractivity (Wildman–Crippen MR) is 66.4 cm³/mol. The molecule has 0 bridgehead atoms. The second-order valence-corrected chi connectivity index (χ2v) is 4.37. The Morgan fingerprint density at radius 3 is 2.62 bits per heavy atom. The highest BCUT2D eigenvalue weighted by atomic mass is 35.5. The second kappa shape index (κ2) is 6.23. The van der Waals surface area contributed by atoms with Gasteiger partial charge in [-0.1, -0.05) is 23.2 Å². The summed E-state index contributed by atoms with van der Waals surface area (Å²) in [4.78, 5) is 2.08. The van der Waals surface area contributed by atoms with E-state index >= 15 is 0 Å². The van der Waals surface area contributed by atoms with Crippen molar-refractivity contribution in [2.24, 2.45) is 0 Å². The van der Waals surface area contributed by atoms with Crippen LogP contribution in [0.4, 0.5) is 5.69 Å². The Balaban J connectivity index is 2.95. The van der Waals surface area contributed by atoms with E-state index in [2.05, 4.69) is 28.9 Å². The molecule has 0 aliphatic heterocycles. The van der Waals surface area contributed by atoms with Crippen LogP contribution >= 0.6 is 23.2 Å². The molecule has 0 unspecified atom stereocenters. The third kappa shape index (κ3) is 3.47. The van der Waals surface area contributed by atoms with Gasteiger partial charge in [0.1, 0.15) is 0 Å². The third-order valence-electron chi connectivity index (χ3n) is 2.17. The van der Waals surface area contributed by atoms with Gasteiger partial charge in [0.05, 0.1) is 12.3 Å². The van der Waals surface area contributed by atoms with Crippen molar-refractivity contribution < 1.29 is 4.74 Å². The maximum absolute atomic E-state index is 6.00. The van der Waals surface area contributed by atoms with Gasteiger partial charge in [-0.3, -0.25) is 0 Å². The van der Waals surface area contributed by atoms with Crippen LogP contribution in [-0.2, 0) is 4.74 Å². The molecule has 1 aromatic rings. The molecular formula is C10H15Cl2N3O. The lowest BCUT2D eigenvalue weighted by Crippen LogP contribution is -2.34. The van der Waals surface area contributed by atoms with E-state index in [1.807, 2.05) is 0 Å². The molecule has 0 aromatic carbocycles. The fraction of sp³-hybridized carbons (Fsp3) is 0.600. The largest absolute Gasteiger partial charge is 0.383 e. The second-order valence-electron chi connectivity index (χ2n) is 3.62. The molecule has 0 N–H and O–H groups in total. The summed E-state index contributed by atoms with van der Waals surface area (Å²) in [5, 5.41) is 8.17. The van der Waals surface area contributed by atoms with E-state index in [4.69, 9.17) is 27.9 Å². The van der Waals surface area contributed by atoms with Crippen LogP contribution in [0.2, 0.25) is 10.3 Å². The van der Waals surface area contributed by atoms with E-state index in [0.29, 0.717) is 16.9 Å². The number of anilines is 1. The molecule has 6 heteroatoms. The molecule has 0 saturated heterocycles. The van der Waals surface area contributed by atoms with Crippen LogP contribution in [0.5, 0.6) is 0 Å². The maximum Gasteiger partial charge on any atom is 0.175 e. The Morgan fingerprint density at radius 2 is 2.06 bits per heavy atom. The number of nitrogens with zero attached hydrogens (tertiary/aromatic N) is 3. The first-order valence-electron chi connectivity index (χ1n) is 5.00. The molecule has 0 aliphatic carbocycles. The minimum atomic E-state index is 0.285. The van der Waals surface area contributed by atoms with Crippen LogP contribution in [0.3, 0.4) is 0 Å². The molecule has 16 heavy (non-hydrogen) atoms. The molecule has 90 valence electrons. The lowest BCUT2D eigenvalue weighted by Gasteiger charge is -2.28. The van der Waals surface area contributed by atoms with Crippen molar-refractivity contribution in [3.8, 4) is 0 Å². The van der Waals surface area contributed by atoms with Crippen LogP contribution < -0.4 is 4.90 Å². The highest BCUT2D eigenvalue weighted by Gasteiger charge is 2.15. The molecule has 1 heterocycles. The highest BCUT2D eigenvalue weighted by molar-refractivity contribution is 6.33. The van der Waals surface area contributed by atoms with Crippen LogP contribution in [0.25, 0.3) is 0 Å². The quantitative estimate of drug-likeness (QED) is 0.819. The summed E-state index contributed by atoms with van der Waals surface area (Å²) in [6.45, 7) is 5.49. The van der Waals surface area contributed by atoms with Crippen molar-refractivity contribution in [2.75, 3.05) is 25.2 Å². The maximum atomic E-state index is 6.00. The van der Waals surface area contributed by atoms with Gasteiger partial charge in [0.15, 0.2) is 10.3 Å². The summed E-state index contributed by atoms with van der Waals surface area (Å²) in [5.74, 6) is 0. The lowest BCUT2D eigenvalue weighted by atomic mass is 10.3. The van der Waals surface area contributed by atoms with Gasteiger partial charge in [-0.2, -0.15) is 0 Å². The molecule has 1 aromatic heterocycles. The lowest BCUT2D eigenvalue weighted by molar-refractivity contribution is 0.204. The minimum absolute atomic E-state index is 0.285. The fourth-order valence-corrected chi connectivity index (χ4v) is 1.73. The summed E-state index contributed by atoms with van der Waals surface area (Å²) >= 11 is 11.8. The van der Waals surface area contributed by atoms with Crippen molar-refractivity contribution in [1.82, 2.24) is 10.2 Å². The monoisotopic (exact) mass is 263 g/mol. The molecule has 0 spiro atoms. The van der Waals surface area contributed by atoms with Gasteiger partial charge < -0.3 is 9.64 Å². The van der Waals surface area contributed by atoms with E-state index in [9.17, 15) is 0 Å². The van der Waals surface area contributed by atoms with E-state index in [1.165, 1.54) is 0 Å². The Hall–Kier alpha value is -0.580. The Kier molecular flexibility index (Phi) is 5.25. The third-order valence-corrected chi connectivity index (χ3v) is 2.62. The number of ether oxygens (including phenoxy) is 1. The molecular weight excluding hydrogens is 249 g/mol. The number of halogens is 2. The molecule has 0 amide bonds.